The topological polar surface area (TPSA) is 101 Å². The van der Waals surface area contributed by atoms with Gasteiger partial charge in [0.25, 0.3) is 0 Å². The second kappa shape index (κ2) is 10.0. The Labute approximate surface area is 225 Å². The molecule has 0 unspecified atom stereocenters. The number of ether oxygens (including phenoxy) is 1. The number of thiocarbonyl (C=S) groups is 1. The molecule has 1 fully saturated rings. The van der Waals surface area contributed by atoms with Crippen molar-refractivity contribution in [1.29, 1.82) is 0 Å². The number of anilines is 2. The van der Waals surface area contributed by atoms with Crippen molar-refractivity contribution < 1.29 is 13.2 Å². The van der Waals surface area contributed by atoms with E-state index in [-0.39, 0.29) is 12.1 Å². The molecule has 5 rings (SSSR count). The van der Waals surface area contributed by atoms with E-state index in [9.17, 15) is 8.42 Å². The molecular formula is C25H23ClN6O3S2. The highest BCUT2D eigenvalue weighted by atomic mass is 35.5. The third kappa shape index (κ3) is 5.10. The van der Waals surface area contributed by atoms with Crippen LogP contribution < -0.4 is 19.7 Å². The first-order valence-electron chi connectivity index (χ1n) is 11.2. The number of aromatic nitrogens is 3. The molecule has 4 aromatic rings. The first-order chi connectivity index (χ1) is 17.7. The van der Waals surface area contributed by atoms with Crippen molar-refractivity contribution in [3.63, 3.8) is 0 Å². The van der Waals surface area contributed by atoms with Crippen molar-refractivity contribution >= 4 is 50.3 Å². The minimum Gasteiger partial charge on any atom is -0.495 e. The van der Waals surface area contributed by atoms with E-state index >= 15 is 0 Å². The Balaban J connectivity index is 1.66. The van der Waals surface area contributed by atoms with Crippen molar-refractivity contribution in [2.75, 3.05) is 23.0 Å². The van der Waals surface area contributed by atoms with E-state index < -0.39 is 10.0 Å². The molecule has 1 saturated heterocycles. The summed E-state index contributed by atoms with van der Waals surface area (Å²) in [5.41, 5.74) is 2.67. The maximum absolute atomic E-state index is 12.0. The van der Waals surface area contributed by atoms with Gasteiger partial charge in [-0.3, -0.25) is 9.71 Å². The fourth-order valence-corrected chi connectivity index (χ4v) is 5.43. The molecule has 1 aliphatic heterocycles. The molecule has 3 aromatic heterocycles. The summed E-state index contributed by atoms with van der Waals surface area (Å²) in [6.07, 6.45) is 6.35. The Kier molecular flexibility index (Phi) is 6.76. The number of methoxy groups -OCH3 is 1. The van der Waals surface area contributed by atoms with Crippen LogP contribution in [0.4, 0.5) is 11.4 Å². The maximum Gasteiger partial charge on any atom is 0.229 e. The van der Waals surface area contributed by atoms with Crippen molar-refractivity contribution in [1.82, 2.24) is 19.9 Å². The lowest BCUT2D eigenvalue weighted by Crippen LogP contribution is -2.30. The van der Waals surface area contributed by atoms with E-state index in [0.717, 1.165) is 17.6 Å². The summed E-state index contributed by atoms with van der Waals surface area (Å²) in [4.78, 5) is 11.0. The minimum absolute atomic E-state index is 0.303. The predicted octanol–water partition coefficient (Wildman–Crippen LogP) is 4.48. The second-order valence-corrected chi connectivity index (χ2v) is 11.0. The molecule has 0 amide bonds. The quantitative estimate of drug-likeness (QED) is 0.323. The van der Waals surface area contributed by atoms with Crippen LogP contribution in [-0.4, -0.2) is 41.4 Å². The van der Waals surface area contributed by atoms with Crippen molar-refractivity contribution in [2.45, 2.75) is 12.1 Å². The van der Waals surface area contributed by atoms with Gasteiger partial charge >= 0.3 is 0 Å². The average Bonchev–Trinajstić information content (AvgIpc) is 3.48. The zero-order valence-electron chi connectivity index (χ0n) is 19.9. The van der Waals surface area contributed by atoms with E-state index in [1.165, 1.54) is 7.11 Å². The first kappa shape index (κ1) is 25.0. The van der Waals surface area contributed by atoms with Crippen LogP contribution in [0.3, 0.4) is 0 Å². The highest BCUT2D eigenvalue weighted by Crippen LogP contribution is 2.43. The number of hydrogen-bond acceptors (Lipinski definition) is 6. The molecule has 4 heterocycles. The summed E-state index contributed by atoms with van der Waals surface area (Å²) in [5.74, 6) is 1.08. The second-order valence-electron chi connectivity index (χ2n) is 8.39. The average molecular weight is 555 g/mol. The van der Waals surface area contributed by atoms with Crippen molar-refractivity contribution in [3.8, 4) is 11.6 Å². The highest BCUT2D eigenvalue weighted by molar-refractivity contribution is 7.92. The van der Waals surface area contributed by atoms with Crippen molar-refractivity contribution in [3.05, 3.63) is 95.7 Å². The number of nitrogens with zero attached hydrogens (tertiary/aromatic N) is 4. The van der Waals surface area contributed by atoms with Crippen LogP contribution in [-0.2, 0) is 10.0 Å². The third-order valence-corrected chi connectivity index (χ3v) is 7.03. The summed E-state index contributed by atoms with van der Waals surface area (Å²) < 4.78 is 34.0. The van der Waals surface area contributed by atoms with E-state index in [0.29, 0.717) is 33.1 Å². The van der Waals surface area contributed by atoms with Crippen LogP contribution >= 0.6 is 23.8 Å². The van der Waals surface area contributed by atoms with Crippen molar-refractivity contribution in [2.24, 2.45) is 0 Å². The Hall–Kier alpha value is -3.67. The molecule has 190 valence electrons. The molecule has 37 heavy (non-hydrogen) atoms. The summed E-state index contributed by atoms with van der Waals surface area (Å²) >= 11 is 11.9. The normalized spacial score (nSPS) is 17.5. The molecule has 0 saturated carbocycles. The van der Waals surface area contributed by atoms with E-state index in [2.05, 4.69) is 20.0 Å². The third-order valence-electron chi connectivity index (χ3n) is 5.90. The number of sulfonamides is 1. The molecule has 0 bridgehead atoms. The number of hydrogen-bond donors (Lipinski definition) is 2. The van der Waals surface area contributed by atoms with Gasteiger partial charge in [0.15, 0.2) is 5.11 Å². The van der Waals surface area contributed by atoms with Gasteiger partial charge in [0.05, 0.1) is 35.8 Å². The smallest absolute Gasteiger partial charge is 0.229 e. The largest absolute Gasteiger partial charge is 0.495 e. The van der Waals surface area contributed by atoms with Gasteiger partial charge in [-0.15, -0.1) is 0 Å². The lowest BCUT2D eigenvalue weighted by atomic mass is 10.0. The van der Waals surface area contributed by atoms with Crippen LogP contribution in [0.15, 0.2) is 79.3 Å². The van der Waals surface area contributed by atoms with E-state index in [4.69, 9.17) is 28.6 Å². The number of nitrogens with one attached hydrogen (secondary N) is 2. The fourth-order valence-electron chi connectivity index (χ4n) is 4.41. The van der Waals surface area contributed by atoms with Gasteiger partial charge < -0.3 is 19.5 Å². The molecule has 0 radical (unpaired) electrons. The molecule has 2 N–H and O–H groups in total. The summed E-state index contributed by atoms with van der Waals surface area (Å²) in [6.45, 7) is 0. The minimum atomic E-state index is -3.55. The van der Waals surface area contributed by atoms with Gasteiger partial charge in [0.1, 0.15) is 17.6 Å². The molecule has 0 spiro atoms. The lowest BCUT2D eigenvalue weighted by Gasteiger charge is -2.29. The van der Waals surface area contributed by atoms with Crippen LogP contribution in [0, 0.1) is 0 Å². The number of benzene rings is 1. The zero-order chi connectivity index (χ0) is 26.2. The maximum atomic E-state index is 12.0. The Morgan fingerprint density at radius 1 is 1.11 bits per heavy atom. The highest BCUT2D eigenvalue weighted by Gasteiger charge is 2.42. The fraction of sp³-hybridized carbons (Fsp3) is 0.160. The first-order valence-corrected chi connectivity index (χ1v) is 13.9. The van der Waals surface area contributed by atoms with Gasteiger partial charge in [-0.05, 0) is 66.8 Å². The SMILES string of the molecule is COc1ccc(N2C(=S)N[C@@H](c3ccccn3)[C@@H]2c2cccn2-c2ccc(Cl)cn2)cc1NS(C)(=O)=O. The molecule has 0 aliphatic carbocycles. The van der Waals surface area contributed by atoms with Gasteiger partial charge in [-0.2, -0.15) is 0 Å². The number of pyridine rings is 2. The summed E-state index contributed by atoms with van der Waals surface area (Å²) in [6, 6.07) is 17.9. The van der Waals surface area contributed by atoms with Gasteiger partial charge in [0.2, 0.25) is 10.0 Å². The standard InChI is InChI=1S/C25H23ClN6O3S2/c1-35-21-10-9-17(14-19(21)30-37(2,33)34)32-24(23(29-25(32)36)18-6-3-4-12-27-18)20-7-5-13-31(20)22-11-8-16(26)15-28-22/h3-15,23-24,30H,1-2H3,(H,29,36)/t23-,24-/m0/s1. The van der Waals surface area contributed by atoms with Crippen LogP contribution in [0.5, 0.6) is 5.75 Å². The van der Waals surface area contributed by atoms with Crippen LogP contribution in [0.2, 0.25) is 5.02 Å². The monoisotopic (exact) mass is 554 g/mol. The Morgan fingerprint density at radius 2 is 1.95 bits per heavy atom. The summed E-state index contributed by atoms with van der Waals surface area (Å²) in [7, 11) is -2.07. The molecule has 2 atom stereocenters. The lowest BCUT2D eigenvalue weighted by molar-refractivity contribution is 0.417. The molecule has 9 nitrogen and oxygen atoms in total. The van der Waals surface area contributed by atoms with Gasteiger partial charge in [-0.25, -0.2) is 13.4 Å². The molecule has 12 heteroatoms. The molecular weight excluding hydrogens is 532 g/mol. The summed E-state index contributed by atoms with van der Waals surface area (Å²) in [5, 5.41) is 4.42. The zero-order valence-corrected chi connectivity index (χ0v) is 22.3. The van der Waals surface area contributed by atoms with Crippen LogP contribution in [0.25, 0.3) is 5.82 Å². The molecule has 1 aromatic carbocycles. The predicted molar refractivity (Wildman–Crippen MR) is 148 cm³/mol. The van der Waals surface area contributed by atoms with E-state index in [1.54, 1.807) is 30.6 Å². The van der Waals surface area contributed by atoms with Gasteiger partial charge in [0, 0.05) is 30.0 Å². The van der Waals surface area contributed by atoms with E-state index in [1.807, 2.05) is 58.1 Å². The number of halogens is 1. The Bertz CT molecular complexity index is 1540. The molecule has 1 aliphatic rings. The Morgan fingerprint density at radius 3 is 2.62 bits per heavy atom. The van der Waals surface area contributed by atoms with Crippen LogP contribution in [0.1, 0.15) is 23.5 Å². The van der Waals surface area contributed by atoms with Gasteiger partial charge in [-0.1, -0.05) is 17.7 Å². The number of rotatable bonds is 7.